The van der Waals surface area contributed by atoms with Gasteiger partial charge in [0, 0.05) is 13.1 Å². The zero-order chi connectivity index (χ0) is 16.7. The molecule has 0 bridgehead atoms. The van der Waals surface area contributed by atoms with Crippen molar-refractivity contribution in [3.63, 3.8) is 0 Å². The molecule has 0 aliphatic rings. The van der Waals surface area contributed by atoms with Gasteiger partial charge in [-0.1, -0.05) is 30.2 Å². The van der Waals surface area contributed by atoms with E-state index in [2.05, 4.69) is 5.92 Å². The number of benzene rings is 2. The summed E-state index contributed by atoms with van der Waals surface area (Å²) < 4.78 is 13.0. The molecule has 0 aromatic heterocycles. The van der Waals surface area contributed by atoms with Crippen LogP contribution in [0, 0.1) is 29.5 Å². The Balaban J connectivity index is 2.04. The number of halogens is 1. The number of aliphatic hydroxyl groups excluding tert-OH is 1. The van der Waals surface area contributed by atoms with E-state index >= 15 is 0 Å². The molecular weight excluding hydrogens is 291 g/mol. The van der Waals surface area contributed by atoms with Crippen molar-refractivity contribution in [2.24, 2.45) is 0 Å². The highest BCUT2D eigenvalue weighted by Gasteiger charge is 2.13. The smallest absolute Gasteiger partial charge is 0.123 e. The van der Waals surface area contributed by atoms with Crippen LogP contribution in [0.25, 0.3) is 0 Å². The van der Waals surface area contributed by atoms with Crippen LogP contribution in [0.1, 0.15) is 22.8 Å². The monoisotopic (exact) mass is 308 g/mol. The van der Waals surface area contributed by atoms with E-state index in [4.69, 9.17) is 11.7 Å². The first-order valence-corrected chi connectivity index (χ1v) is 7.20. The van der Waals surface area contributed by atoms with Gasteiger partial charge >= 0.3 is 0 Å². The van der Waals surface area contributed by atoms with Crippen LogP contribution in [-0.2, 0) is 6.54 Å². The largest absolute Gasteiger partial charge is 0.387 e. The van der Waals surface area contributed by atoms with E-state index in [9.17, 15) is 9.50 Å². The van der Waals surface area contributed by atoms with Gasteiger partial charge in [0.2, 0.25) is 0 Å². The third-order valence-corrected chi connectivity index (χ3v) is 3.49. The van der Waals surface area contributed by atoms with Crippen LogP contribution in [0.5, 0.6) is 0 Å². The highest BCUT2D eigenvalue weighted by Crippen LogP contribution is 2.16. The van der Waals surface area contributed by atoms with E-state index in [-0.39, 0.29) is 5.82 Å². The molecule has 116 valence electrons. The van der Waals surface area contributed by atoms with E-state index in [1.807, 2.05) is 11.0 Å². The normalized spacial score (nSPS) is 11.7. The quantitative estimate of drug-likeness (QED) is 0.835. The minimum atomic E-state index is -0.712. The van der Waals surface area contributed by atoms with Crippen molar-refractivity contribution in [3.8, 4) is 18.4 Å². The Labute approximate surface area is 135 Å². The summed E-state index contributed by atoms with van der Waals surface area (Å²) in [7, 11) is 0. The van der Waals surface area contributed by atoms with Crippen LogP contribution < -0.4 is 0 Å². The van der Waals surface area contributed by atoms with E-state index < -0.39 is 6.10 Å². The zero-order valence-corrected chi connectivity index (χ0v) is 12.6. The van der Waals surface area contributed by atoms with Crippen molar-refractivity contribution in [3.05, 3.63) is 71.0 Å². The zero-order valence-electron chi connectivity index (χ0n) is 12.6. The number of hydrogen-bond donors (Lipinski definition) is 1. The second-order valence-electron chi connectivity index (χ2n) is 5.25. The van der Waals surface area contributed by atoms with Crippen LogP contribution >= 0.6 is 0 Å². The molecule has 0 saturated carbocycles. The molecule has 0 radical (unpaired) electrons. The molecule has 4 heteroatoms. The van der Waals surface area contributed by atoms with Gasteiger partial charge in [-0.25, -0.2) is 4.39 Å². The molecule has 23 heavy (non-hydrogen) atoms. The van der Waals surface area contributed by atoms with E-state index in [1.54, 1.807) is 36.4 Å². The van der Waals surface area contributed by atoms with Crippen molar-refractivity contribution in [2.45, 2.75) is 12.6 Å². The third-order valence-electron chi connectivity index (χ3n) is 3.49. The summed E-state index contributed by atoms with van der Waals surface area (Å²) in [6.45, 7) is 1.26. The second kappa shape index (κ2) is 8.10. The van der Waals surface area contributed by atoms with Gasteiger partial charge < -0.3 is 5.11 Å². The summed E-state index contributed by atoms with van der Waals surface area (Å²) in [5, 5.41) is 19.1. The molecule has 0 saturated heterocycles. The summed E-state index contributed by atoms with van der Waals surface area (Å²) in [5.74, 6) is 2.29. The van der Waals surface area contributed by atoms with Gasteiger partial charge in [0.05, 0.1) is 24.3 Å². The van der Waals surface area contributed by atoms with Crippen LogP contribution in [0.15, 0.2) is 48.5 Å². The van der Waals surface area contributed by atoms with Crippen LogP contribution in [-0.4, -0.2) is 23.1 Å². The predicted octanol–water partition coefficient (Wildman–Crippen LogP) is 2.87. The highest BCUT2D eigenvalue weighted by atomic mass is 19.1. The maximum Gasteiger partial charge on any atom is 0.123 e. The lowest BCUT2D eigenvalue weighted by Gasteiger charge is -2.23. The Morgan fingerprint density at radius 2 is 1.78 bits per heavy atom. The molecule has 1 atom stereocenters. The Morgan fingerprint density at radius 1 is 1.13 bits per heavy atom. The van der Waals surface area contributed by atoms with Gasteiger partial charge in [0.1, 0.15) is 5.82 Å². The SMILES string of the molecule is C#CCN(Cc1ccc(F)cc1)CC(O)c1ccc(C#N)cc1. The molecule has 1 N–H and O–H groups in total. The molecule has 0 fully saturated rings. The van der Waals surface area contributed by atoms with Gasteiger partial charge in [0.25, 0.3) is 0 Å². The van der Waals surface area contributed by atoms with Crippen LogP contribution in [0.2, 0.25) is 0 Å². The summed E-state index contributed by atoms with van der Waals surface area (Å²) in [4.78, 5) is 1.91. The van der Waals surface area contributed by atoms with Gasteiger partial charge in [-0.3, -0.25) is 4.90 Å². The minimum Gasteiger partial charge on any atom is -0.387 e. The summed E-state index contributed by atoms with van der Waals surface area (Å²) in [5.41, 5.74) is 2.20. The van der Waals surface area contributed by atoms with E-state index in [0.717, 1.165) is 11.1 Å². The Hall–Kier alpha value is -2.66. The topological polar surface area (TPSA) is 47.3 Å². The molecule has 0 aliphatic heterocycles. The lowest BCUT2D eigenvalue weighted by molar-refractivity contribution is 0.117. The number of rotatable bonds is 6. The summed E-state index contributed by atoms with van der Waals surface area (Å²) in [6.07, 6.45) is 4.68. The number of aliphatic hydroxyl groups is 1. The fraction of sp³-hybridized carbons (Fsp3) is 0.211. The molecule has 2 aromatic carbocycles. The fourth-order valence-corrected chi connectivity index (χ4v) is 2.29. The molecule has 0 amide bonds. The number of nitriles is 1. The molecule has 2 rings (SSSR count). The first-order chi connectivity index (χ1) is 11.1. The maximum absolute atomic E-state index is 13.0. The molecule has 3 nitrogen and oxygen atoms in total. The van der Waals surface area contributed by atoms with E-state index in [1.165, 1.54) is 12.1 Å². The highest BCUT2D eigenvalue weighted by molar-refractivity contribution is 5.32. The average molecular weight is 308 g/mol. The van der Waals surface area contributed by atoms with Crippen molar-refractivity contribution in [2.75, 3.05) is 13.1 Å². The Kier molecular flexibility index (Phi) is 5.88. The number of hydrogen-bond acceptors (Lipinski definition) is 3. The third kappa shape index (κ3) is 4.93. The second-order valence-corrected chi connectivity index (χ2v) is 5.25. The van der Waals surface area contributed by atoms with Crippen molar-refractivity contribution in [1.82, 2.24) is 4.90 Å². The van der Waals surface area contributed by atoms with Gasteiger partial charge in [0.15, 0.2) is 0 Å². The standard InChI is InChI=1S/C19H17FN2O/c1-2-11-22(13-16-5-9-18(20)10-6-16)14-19(23)17-7-3-15(12-21)4-8-17/h1,3-10,19,23H,11,13-14H2. The molecule has 2 aromatic rings. The van der Waals surface area contributed by atoms with Crippen molar-refractivity contribution >= 4 is 0 Å². The first kappa shape index (κ1) is 16.7. The molecule has 0 heterocycles. The summed E-state index contributed by atoms with van der Waals surface area (Å²) in [6, 6.07) is 15.1. The van der Waals surface area contributed by atoms with Crippen LogP contribution in [0.4, 0.5) is 4.39 Å². The number of nitrogens with zero attached hydrogens (tertiary/aromatic N) is 2. The number of terminal acetylenes is 1. The lowest BCUT2D eigenvalue weighted by atomic mass is 10.1. The van der Waals surface area contributed by atoms with E-state index in [0.29, 0.717) is 25.2 Å². The fourth-order valence-electron chi connectivity index (χ4n) is 2.29. The first-order valence-electron chi connectivity index (χ1n) is 7.20. The Bertz CT molecular complexity index is 711. The van der Waals surface area contributed by atoms with Crippen molar-refractivity contribution < 1.29 is 9.50 Å². The predicted molar refractivity (Wildman–Crippen MR) is 86.6 cm³/mol. The van der Waals surface area contributed by atoms with Gasteiger partial charge in [-0.2, -0.15) is 5.26 Å². The molecule has 0 aliphatic carbocycles. The maximum atomic E-state index is 13.0. The van der Waals surface area contributed by atoms with Gasteiger partial charge in [-0.05, 0) is 35.4 Å². The summed E-state index contributed by atoms with van der Waals surface area (Å²) >= 11 is 0. The Morgan fingerprint density at radius 3 is 2.35 bits per heavy atom. The minimum absolute atomic E-state index is 0.283. The molecule has 1 unspecified atom stereocenters. The van der Waals surface area contributed by atoms with Crippen LogP contribution in [0.3, 0.4) is 0 Å². The molecule has 0 spiro atoms. The average Bonchev–Trinajstić information content (AvgIpc) is 2.57. The lowest BCUT2D eigenvalue weighted by Crippen LogP contribution is -2.28. The van der Waals surface area contributed by atoms with Gasteiger partial charge in [-0.15, -0.1) is 6.42 Å². The van der Waals surface area contributed by atoms with Crippen molar-refractivity contribution in [1.29, 1.82) is 5.26 Å². The molecular formula is C19H17FN2O.